The number of halogens is 8. The molecule has 0 unspecified atom stereocenters. The molecule has 212 valence electrons. The summed E-state index contributed by atoms with van der Waals surface area (Å²) >= 11 is 0. The highest BCUT2D eigenvalue weighted by molar-refractivity contribution is 5.82. The molecule has 17 heteroatoms. The first kappa shape index (κ1) is 28.6. The van der Waals surface area contributed by atoms with Crippen LogP contribution < -0.4 is 16.4 Å². The molecule has 3 aromatic heterocycles. The van der Waals surface area contributed by atoms with Crippen molar-refractivity contribution >= 4 is 16.6 Å². The van der Waals surface area contributed by atoms with Crippen LogP contribution in [-0.2, 0) is 18.9 Å². The van der Waals surface area contributed by atoms with Crippen molar-refractivity contribution in [2.45, 2.75) is 44.5 Å². The fourth-order valence-corrected chi connectivity index (χ4v) is 3.88. The molecule has 0 amide bonds. The first-order valence-electron chi connectivity index (χ1n) is 11.3. The van der Waals surface area contributed by atoms with Gasteiger partial charge in [0.25, 0.3) is 11.1 Å². The Morgan fingerprint density at radius 2 is 1.68 bits per heavy atom. The number of alkyl halides is 7. The lowest BCUT2D eigenvalue weighted by Crippen LogP contribution is -2.30. The minimum absolute atomic E-state index is 0.0620. The van der Waals surface area contributed by atoms with Gasteiger partial charge in [-0.3, -0.25) is 14.2 Å². The van der Waals surface area contributed by atoms with Gasteiger partial charge >= 0.3 is 12.4 Å². The van der Waals surface area contributed by atoms with Gasteiger partial charge in [0.1, 0.15) is 17.6 Å². The second-order valence-electron chi connectivity index (χ2n) is 8.71. The van der Waals surface area contributed by atoms with Crippen LogP contribution in [0.3, 0.4) is 0 Å². The molecule has 3 heterocycles. The van der Waals surface area contributed by atoms with E-state index >= 15 is 0 Å². The number of nitrogens with one attached hydrogen (secondary N) is 2. The molecule has 4 rings (SSSR count). The fourth-order valence-electron chi connectivity index (χ4n) is 3.88. The van der Waals surface area contributed by atoms with Gasteiger partial charge in [0.05, 0.1) is 46.8 Å². The van der Waals surface area contributed by atoms with Crippen molar-refractivity contribution in [1.82, 2.24) is 29.7 Å². The molecule has 0 radical (unpaired) electrons. The average Bonchev–Trinajstić information content (AvgIpc) is 2.84. The average molecular weight is 575 g/mol. The molecule has 4 aromatic rings. The molecule has 0 fully saturated rings. The van der Waals surface area contributed by atoms with E-state index in [0.29, 0.717) is 12.4 Å². The number of H-pyrrole nitrogens is 1. The van der Waals surface area contributed by atoms with E-state index in [-0.39, 0.29) is 22.3 Å². The SMILES string of the molecule is C[C@H](C[C@@H](F)Cn1cnc2cc(-c3ncc(C(F)(F)F)cn3)c(F)cc2c1=O)Nc1cn[nH]c(=O)c1C(F)(F)F. The molecule has 0 spiro atoms. The highest BCUT2D eigenvalue weighted by Crippen LogP contribution is 2.32. The van der Waals surface area contributed by atoms with E-state index in [4.69, 9.17) is 0 Å². The second-order valence-corrected chi connectivity index (χ2v) is 8.71. The molecule has 40 heavy (non-hydrogen) atoms. The summed E-state index contributed by atoms with van der Waals surface area (Å²) < 4.78 is 108. The topological polar surface area (TPSA) is 118 Å². The normalized spacial score (nSPS) is 13.8. The first-order valence-corrected chi connectivity index (χ1v) is 11.3. The predicted octanol–water partition coefficient (Wildman–Crippen LogP) is 4.34. The maximum Gasteiger partial charge on any atom is 0.423 e. The molecular formula is C23H17F8N7O2. The van der Waals surface area contributed by atoms with Gasteiger partial charge in [-0.2, -0.15) is 31.4 Å². The van der Waals surface area contributed by atoms with E-state index in [2.05, 4.69) is 25.4 Å². The Balaban J connectivity index is 1.51. The van der Waals surface area contributed by atoms with Gasteiger partial charge in [0.2, 0.25) is 0 Å². The summed E-state index contributed by atoms with van der Waals surface area (Å²) in [6.07, 6.45) is -9.21. The molecule has 0 aliphatic rings. The molecule has 0 aliphatic heterocycles. The third-order valence-electron chi connectivity index (χ3n) is 5.68. The van der Waals surface area contributed by atoms with Crippen LogP contribution in [0.5, 0.6) is 0 Å². The van der Waals surface area contributed by atoms with Crippen molar-refractivity contribution in [3.05, 3.63) is 74.7 Å². The monoisotopic (exact) mass is 575 g/mol. The largest absolute Gasteiger partial charge is 0.423 e. The number of hydrogen-bond acceptors (Lipinski definition) is 7. The third kappa shape index (κ3) is 6.07. The number of nitrogens with zero attached hydrogens (tertiary/aromatic N) is 5. The van der Waals surface area contributed by atoms with E-state index in [9.17, 15) is 44.7 Å². The van der Waals surface area contributed by atoms with Crippen molar-refractivity contribution in [1.29, 1.82) is 0 Å². The second kappa shape index (κ2) is 10.6. The van der Waals surface area contributed by atoms with Crippen LogP contribution >= 0.6 is 0 Å². The van der Waals surface area contributed by atoms with Gasteiger partial charge in [-0.05, 0) is 19.1 Å². The van der Waals surface area contributed by atoms with Crippen molar-refractivity contribution < 1.29 is 35.1 Å². The Bertz CT molecular complexity index is 1650. The Kier molecular flexibility index (Phi) is 7.58. The first-order chi connectivity index (χ1) is 18.6. The van der Waals surface area contributed by atoms with Crippen LogP contribution in [0.15, 0.2) is 46.6 Å². The molecule has 0 saturated heterocycles. The van der Waals surface area contributed by atoms with Gasteiger partial charge in [-0.25, -0.2) is 28.8 Å². The van der Waals surface area contributed by atoms with Gasteiger partial charge in [0, 0.05) is 24.9 Å². The molecule has 2 N–H and O–H groups in total. The van der Waals surface area contributed by atoms with Gasteiger partial charge in [-0.1, -0.05) is 0 Å². The van der Waals surface area contributed by atoms with E-state index in [0.717, 1.165) is 29.2 Å². The minimum atomic E-state index is -4.99. The van der Waals surface area contributed by atoms with Crippen LogP contribution in [0, 0.1) is 5.82 Å². The summed E-state index contributed by atoms with van der Waals surface area (Å²) in [7, 11) is 0. The quantitative estimate of drug-likeness (QED) is 0.315. The minimum Gasteiger partial charge on any atom is -0.381 e. The molecule has 9 nitrogen and oxygen atoms in total. The number of hydrogen-bond donors (Lipinski definition) is 2. The number of aromatic amines is 1. The van der Waals surface area contributed by atoms with Crippen molar-refractivity contribution in [3.63, 3.8) is 0 Å². The number of aromatic nitrogens is 6. The molecule has 2 atom stereocenters. The fraction of sp³-hybridized carbons (Fsp3) is 0.304. The highest BCUT2D eigenvalue weighted by Gasteiger charge is 2.37. The lowest BCUT2D eigenvalue weighted by atomic mass is 10.1. The summed E-state index contributed by atoms with van der Waals surface area (Å²) in [6.45, 7) is 0.772. The summed E-state index contributed by atoms with van der Waals surface area (Å²) in [5, 5.41) is 7.12. The van der Waals surface area contributed by atoms with Crippen LogP contribution in [0.4, 0.5) is 40.8 Å². The van der Waals surface area contributed by atoms with Crippen LogP contribution in [0.1, 0.15) is 24.5 Å². The smallest absolute Gasteiger partial charge is 0.381 e. The molecular weight excluding hydrogens is 558 g/mol. The summed E-state index contributed by atoms with van der Waals surface area (Å²) in [6, 6.07) is 0.895. The molecule has 0 bridgehead atoms. The zero-order valence-corrected chi connectivity index (χ0v) is 20.1. The van der Waals surface area contributed by atoms with Gasteiger partial charge < -0.3 is 5.32 Å². The number of anilines is 1. The summed E-state index contributed by atoms with van der Waals surface area (Å²) in [5.41, 5.74) is -6.01. The Labute approximate surface area is 217 Å². The van der Waals surface area contributed by atoms with E-state index in [1.165, 1.54) is 6.92 Å². The van der Waals surface area contributed by atoms with Gasteiger partial charge in [0.15, 0.2) is 5.82 Å². The van der Waals surface area contributed by atoms with E-state index in [1.54, 1.807) is 5.10 Å². The van der Waals surface area contributed by atoms with Crippen LogP contribution in [0.25, 0.3) is 22.3 Å². The number of benzene rings is 1. The summed E-state index contributed by atoms with van der Waals surface area (Å²) in [4.78, 5) is 35.4. The zero-order chi connectivity index (χ0) is 29.4. The van der Waals surface area contributed by atoms with Crippen LogP contribution in [-0.4, -0.2) is 41.9 Å². The maximum absolute atomic E-state index is 14.8. The predicted molar refractivity (Wildman–Crippen MR) is 124 cm³/mol. The molecule has 1 aromatic carbocycles. The van der Waals surface area contributed by atoms with Crippen molar-refractivity contribution in [3.8, 4) is 11.4 Å². The van der Waals surface area contributed by atoms with Crippen LogP contribution in [0.2, 0.25) is 0 Å². The Morgan fingerprint density at radius 1 is 1.00 bits per heavy atom. The van der Waals surface area contributed by atoms with E-state index < -0.39 is 71.3 Å². The van der Waals surface area contributed by atoms with Crippen molar-refractivity contribution in [2.75, 3.05) is 5.32 Å². The third-order valence-corrected chi connectivity index (χ3v) is 5.68. The Morgan fingerprint density at radius 3 is 2.30 bits per heavy atom. The van der Waals surface area contributed by atoms with Crippen molar-refractivity contribution in [2.24, 2.45) is 0 Å². The molecule has 0 aliphatic carbocycles. The highest BCUT2D eigenvalue weighted by atomic mass is 19.4. The standard InChI is InChI=1S/C23H17F8N7O2/c1-10(36-17-7-35-37-20(39)18(17)23(29,30)31)2-12(24)8-38-9-34-16-4-13(15(25)3-14(16)21(38)40)19-32-5-11(6-33-19)22(26,27)28/h3-7,9-10,12H,2,8H2,1H3,(H2,36,37,39)/t10-,12-/m1/s1. The zero-order valence-electron chi connectivity index (χ0n) is 20.1. The number of fused-ring (bicyclic) bond motifs is 1. The lowest BCUT2D eigenvalue weighted by molar-refractivity contribution is -0.139. The molecule has 0 saturated carbocycles. The summed E-state index contributed by atoms with van der Waals surface area (Å²) in [5.74, 6) is -1.42. The number of rotatable bonds is 7. The van der Waals surface area contributed by atoms with Gasteiger partial charge in [-0.15, -0.1) is 0 Å². The lowest BCUT2D eigenvalue weighted by Gasteiger charge is -2.20. The maximum atomic E-state index is 14.8. The Hall–Kier alpha value is -4.44. The van der Waals surface area contributed by atoms with E-state index in [1.807, 2.05) is 0 Å².